The molecule has 0 aliphatic carbocycles. The first-order valence-corrected chi connectivity index (χ1v) is 6.90. The van der Waals surface area contributed by atoms with Crippen molar-refractivity contribution in [2.75, 3.05) is 7.11 Å². The molecular weight excluding hydrogens is 312 g/mol. The summed E-state index contributed by atoms with van der Waals surface area (Å²) in [5.41, 5.74) is 0.694. The monoisotopic (exact) mass is 322 g/mol. The van der Waals surface area contributed by atoms with E-state index in [1.54, 1.807) is 18.9 Å². The fourth-order valence-corrected chi connectivity index (χ4v) is 2.92. The van der Waals surface area contributed by atoms with Crippen molar-refractivity contribution in [2.24, 2.45) is 0 Å². The predicted molar refractivity (Wildman–Crippen MR) is 76.6 cm³/mol. The minimum Gasteiger partial charge on any atom is -0.497 e. The van der Waals surface area contributed by atoms with Crippen LogP contribution in [0.4, 0.5) is 0 Å². The number of hydrogen-bond donors (Lipinski definition) is 0. The Kier molecular flexibility index (Phi) is 4.44. The third kappa shape index (κ3) is 3.15. The van der Waals surface area contributed by atoms with Gasteiger partial charge in [0.2, 0.25) is 0 Å². The van der Waals surface area contributed by atoms with Gasteiger partial charge in [-0.25, -0.2) is 0 Å². The fourth-order valence-electron chi connectivity index (χ4n) is 1.46. The maximum Gasteiger partial charge on any atom is 0.151 e. The van der Waals surface area contributed by atoms with Crippen molar-refractivity contribution in [1.29, 1.82) is 0 Å². The largest absolute Gasteiger partial charge is 0.497 e. The summed E-state index contributed by atoms with van der Waals surface area (Å²) in [6.45, 7) is 0. The Morgan fingerprint density at radius 2 is 1.89 bits per heavy atom. The molecule has 0 bridgehead atoms. The maximum atomic E-state index is 11.0. The van der Waals surface area contributed by atoms with E-state index in [9.17, 15) is 4.79 Å². The summed E-state index contributed by atoms with van der Waals surface area (Å²) in [6.07, 6.45) is 0.873. The van der Waals surface area contributed by atoms with Gasteiger partial charge in [0.05, 0.1) is 7.11 Å². The van der Waals surface area contributed by atoms with Gasteiger partial charge in [0.25, 0.3) is 0 Å². The summed E-state index contributed by atoms with van der Waals surface area (Å²) in [6, 6.07) is 13.4. The molecule has 2 aromatic carbocycles. The Hall–Kier alpha value is -1.26. The second-order valence-electron chi connectivity index (χ2n) is 3.58. The van der Waals surface area contributed by atoms with Crippen molar-refractivity contribution in [3.63, 3.8) is 0 Å². The molecule has 0 amide bonds. The second kappa shape index (κ2) is 6.07. The Bertz CT molecular complexity index is 552. The smallest absolute Gasteiger partial charge is 0.151 e. The van der Waals surface area contributed by atoms with E-state index in [2.05, 4.69) is 15.9 Å². The van der Waals surface area contributed by atoms with Gasteiger partial charge < -0.3 is 4.74 Å². The van der Waals surface area contributed by atoms with Gasteiger partial charge in [-0.05, 0) is 42.5 Å². The number of carbonyl (C=O) groups excluding carboxylic acids is 1. The summed E-state index contributed by atoms with van der Waals surface area (Å²) >= 11 is 4.97. The second-order valence-corrected chi connectivity index (χ2v) is 5.61. The molecule has 0 aliphatic heterocycles. The van der Waals surface area contributed by atoms with E-state index in [0.717, 1.165) is 26.3 Å². The molecule has 0 atom stereocenters. The molecule has 0 unspecified atom stereocenters. The average Bonchev–Trinajstić information content (AvgIpc) is 2.40. The highest BCUT2D eigenvalue weighted by Gasteiger charge is 2.05. The van der Waals surface area contributed by atoms with Gasteiger partial charge in [-0.15, -0.1) is 0 Å². The van der Waals surface area contributed by atoms with Gasteiger partial charge in [-0.1, -0.05) is 27.7 Å². The molecule has 0 radical (unpaired) electrons. The number of ether oxygens (including phenoxy) is 1. The summed E-state index contributed by atoms with van der Waals surface area (Å²) < 4.78 is 6.07. The standard InChI is InChI=1S/C14H11BrO2S/c1-17-12-4-6-13(7-5-12)18-14-8-11(15)3-2-10(14)9-16/h2-9H,1H3. The minimum atomic E-state index is 0.694. The SMILES string of the molecule is COc1ccc(Sc2cc(Br)ccc2C=O)cc1. The number of methoxy groups -OCH3 is 1. The first-order valence-electron chi connectivity index (χ1n) is 5.29. The third-order valence-electron chi connectivity index (χ3n) is 2.39. The highest BCUT2D eigenvalue weighted by molar-refractivity contribution is 9.10. The first kappa shape index (κ1) is 13.2. The van der Waals surface area contributed by atoms with Crippen LogP contribution in [0, 0.1) is 0 Å². The summed E-state index contributed by atoms with van der Waals surface area (Å²) in [5, 5.41) is 0. The summed E-state index contributed by atoms with van der Waals surface area (Å²) in [4.78, 5) is 13.0. The lowest BCUT2D eigenvalue weighted by Crippen LogP contribution is -1.85. The lowest BCUT2D eigenvalue weighted by molar-refractivity contribution is 0.112. The molecule has 0 spiro atoms. The zero-order valence-corrected chi connectivity index (χ0v) is 12.1. The van der Waals surface area contributed by atoms with Crippen LogP contribution in [-0.2, 0) is 0 Å². The molecule has 2 rings (SSSR count). The molecule has 0 fully saturated rings. The molecule has 2 nitrogen and oxygen atoms in total. The molecule has 92 valence electrons. The molecule has 2 aromatic rings. The number of benzene rings is 2. The molecule has 0 aliphatic rings. The molecule has 4 heteroatoms. The third-order valence-corrected chi connectivity index (χ3v) is 3.96. The first-order chi connectivity index (χ1) is 8.72. The van der Waals surface area contributed by atoms with Crippen LogP contribution < -0.4 is 4.74 Å². The van der Waals surface area contributed by atoms with Crippen LogP contribution in [0.25, 0.3) is 0 Å². The number of halogens is 1. The van der Waals surface area contributed by atoms with Crippen LogP contribution in [0.2, 0.25) is 0 Å². The minimum absolute atomic E-state index is 0.694. The van der Waals surface area contributed by atoms with Gasteiger partial charge in [-0.2, -0.15) is 0 Å². The maximum absolute atomic E-state index is 11.0. The van der Waals surface area contributed by atoms with Crippen LogP contribution in [0.5, 0.6) is 5.75 Å². The van der Waals surface area contributed by atoms with E-state index >= 15 is 0 Å². The van der Waals surface area contributed by atoms with E-state index in [0.29, 0.717) is 5.56 Å². The van der Waals surface area contributed by atoms with E-state index in [-0.39, 0.29) is 0 Å². The van der Waals surface area contributed by atoms with Crippen molar-refractivity contribution in [3.8, 4) is 5.75 Å². The van der Waals surface area contributed by atoms with E-state index < -0.39 is 0 Å². The molecule has 0 saturated heterocycles. The Morgan fingerprint density at radius 3 is 2.50 bits per heavy atom. The number of hydrogen-bond acceptors (Lipinski definition) is 3. The molecule has 18 heavy (non-hydrogen) atoms. The zero-order chi connectivity index (χ0) is 13.0. The van der Waals surface area contributed by atoms with E-state index in [1.165, 1.54) is 0 Å². The van der Waals surface area contributed by atoms with Crippen LogP contribution >= 0.6 is 27.7 Å². The van der Waals surface area contributed by atoms with Crippen molar-refractivity contribution in [2.45, 2.75) is 9.79 Å². The van der Waals surface area contributed by atoms with Crippen LogP contribution in [-0.4, -0.2) is 13.4 Å². The lowest BCUT2D eigenvalue weighted by atomic mass is 10.2. The van der Waals surface area contributed by atoms with Gasteiger partial charge >= 0.3 is 0 Å². The average molecular weight is 323 g/mol. The summed E-state index contributed by atoms with van der Waals surface area (Å²) in [5.74, 6) is 0.823. The number of carbonyl (C=O) groups is 1. The Labute approximate surface area is 118 Å². The van der Waals surface area contributed by atoms with Crippen molar-refractivity contribution < 1.29 is 9.53 Å². The topological polar surface area (TPSA) is 26.3 Å². The molecular formula is C14H11BrO2S. The zero-order valence-electron chi connectivity index (χ0n) is 9.72. The molecule has 0 N–H and O–H groups in total. The normalized spacial score (nSPS) is 10.1. The lowest BCUT2D eigenvalue weighted by Gasteiger charge is -2.06. The Balaban J connectivity index is 2.27. The van der Waals surface area contributed by atoms with Crippen LogP contribution in [0.15, 0.2) is 56.7 Å². The van der Waals surface area contributed by atoms with Crippen molar-refractivity contribution in [1.82, 2.24) is 0 Å². The fraction of sp³-hybridized carbons (Fsp3) is 0.0714. The van der Waals surface area contributed by atoms with Gasteiger partial charge in [0.1, 0.15) is 5.75 Å². The van der Waals surface area contributed by atoms with Crippen molar-refractivity contribution in [3.05, 3.63) is 52.5 Å². The van der Waals surface area contributed by atoms with Crippen LogP contribution in [0.3, 0.4) is 0 Å². The van der Waals surface area contributed by atoms with Gasteiger partial charge in [0, 0.05) is 19.8 Å². The Morgan fingerprint density at radius 1 is 1.17 bits per heavy atom. The van der Waals surface area contributed by atoms with E-state index in [1.807, 2.05) is 42.5 Å². The van der Waals surface area contributed by atoms with Gasteiger partial charge in [-0.3, -0.25) is 4.79 Å². The van der Waals surface area contributed by atoms with Crippen molar-refractivity contribution >= 4 is 34.0 Å². The van der Waals surface area contributed by atoms with Gasteiger partial charge in [0.15, 0.2) is 6.29 Å². The highest BCUT2D eigenvalue weighted by Crippen LogP contribution is 2.32. The number of rotatable bonds is 4. The van der Waals surface area contributed by atoms with E-state index in [4.69, 9.17) is 4.74 Å². The summed E-state index contributed by atoms with van der Waals surface area (Å²) in [7, 11) is 1.64. The number of aldehydes is 1. The highest BCUT2D eigenvalue weighted by atomic mass is 79.9. The molecule has 0 aromatic heterocycles. The molecule has 0 saturated carbocycles. The molecule has 0 heterocycles. The quantitative estimate of drug-likeness (QED) is 0.779. The predicted octanol–water partition coefficient (Wildman–Crippen LogP) is 4.42. The van der Waals surface area contributed by atoms with Crippen LogP contribution in [0.1, 0.15) is 10.4 Å².